The van der Waals surface area contributed by atoms with Gasteiger partial charge in [-0.1, -0.05) is 6.42 Å². The van der Waals surface area contributed by atoms with Crippen molar-refractivity contribution in [2.45, 2.75) is 39.0 Å². The Hall–Kier alpha value is -1.11. The first-order valence-electron chi connectivity index (χ1n) is 8.23. The minimum absolute atomic E-state index is 0.203. The molecule has 0 unspecified atom stereocenters. The third kappa shape index (κ3) is 4.25. The molecule has 2 bridgehead atoms. The molecule has 0 aliphatic heterocycles. The van der Waals surface area contributed by atoms with Gasteiger partial charge in [-0.3, -0.25) is 9.59 Å². The van der Waals surface area contributed by atoms with E-state index < -0.39 is 0 Å². The number of halogens is 1. The standard InChI is InChI=1S/C18H22INO3/c1-11-6-15(19)4-5-16(11)20-17(21)10-23-18(22)9-14-8-12-2-3-13(14)7-12/h4-6,12-14H,2-3,7-10H2,1H3,(H,20,21)/t12-,13+,14-/m1/s1. The highest BCUT2D eigenvalue weighted by atomic mass is 127. The Morgan fingerprint density at radius 3 is 2.78 bits per heavy atom. The molecule has 5 heteroatoms. The molecular formula is C18H22INO3. The van der Waals surface area contributed by atoms with Crippen molar-refractivity contribution in [3.8, 4) is 0 Å². The highest BCUT2D eigenvalue weighted by Gasteiger charge is 2.40. The lowest BCUT2D eigenvalue weighted by Crippen LogP contribution is -2.23. The van der Waals surface area contributed by atoms with Crippen LogP contribution in [-0.4, -0.2) is 18.5 Å². The number of ether oxygens (including phenoxy) is 1. The number of fused-ring (bicyclic) bond motifs is 2. The van der Waals surface area contributed by atoms with Crippen LogP contribution >= 0.6 is 22.6 Å². The maximum atomic E-state index is 11.9. The van der Waals surface area contributed by atoms with Gasteiger partial charge in [0, 0.05) is 15.7 Å². The van der Waals surface area contributed by atoms with Crippen LogP contribution in [0.5, 0.6) is 0 Å². The second-order valence-electron chi connectivity index (χ2n) is 6.81. The van der Waals surface area contributed by atoms with Gasteiger partial charge < -0.3 is 10.1 Å². The second kappa shape index (κ2) is 7.20. The maximum absolute atomic E-state index is 11.9. The van der Waals surface area contributed by atoms with Crippen LogP contribution < -0.4 is 5.32 Å². The van der Waals surface area contributed by atoms with Gasteiger partial charge in [0.05, 0.1) is 0 Å². The molecule has 1 amide bonds. The van der Waals surface area contributed by atoms with E-state index in [1.165, 1.54) is 19.3 Å². The summed E-state index contributed by atoms with van der Waals surface area (Å²) >= 11 is 2.23. The fourth-order valence-corrected chi connectivity index (χ4v) is 4.65. The van der Waals surface area contributed by atoms with E-state index in [-0.39, 0.29) is 18.5 Å². The third-order valence-corrected chi connectivity index (χ3v) is 5.81. The molecule has 3 rings (SSSR count). The number of carbonyl (C=O) groups is 2. The molecule has 2 aliphatic rings. The van der Waals surface area contributed by atoms with Crippen molar-refractivity contribution in [2.24, 2.45) is 17.8 Å². The zero-order chi connectivity index (χ0) is 16.4. The number of hydrogen-bond acceptors (Lipinski definition) is 3. The molecule has 1 aromatic rings. The molecule has 1 aromatic carbocycles. The summed E-state index contributed by atoms with van der Waals surface area (Å²) in [6.45, 7) is 1.74. The van der Waals surface area contributed by atoms with Crippen LogP contribution in [0.4, 0.5) is 5.69 Å². The molecule has 124 valence electrons. The number of hydrogen-bond donors (Lipinski definition) is 1. The summed E-state index contributed by atoms with van der Waals surface area (Å²) in [5, 5.41) is 2.79. The summed E-state index contributed by atoms with van der Waals surface area (Å²) in [5.74, 6) is 1.48. The van der Waals surface area contributed by atoms with Gasteiger partial charge >= 0.3 is 5.97 Å². The van der Waals surface area contributed by atoms with Crippen molar-refractivity contribution in [1.82, 2.24) is 0 Å². The van der Waals surface area contributed by atoms with E-state index in [0.717, 1.165) is 27.2 Å². The summed E-state index contributed by atoms with van der Waals surface area (Å²) in [4.78, 5) is 23.9. The van der Waals surface area contributed by atoms with Gasteiger partial charge in [-0.2, -0.15) is 0 Å². The first kappa shape index (κ1) is 16.7. The van der Waals surface area contributed by atoms with Crippen molar-refractivity contribution in [2.75, 3.05) is 11.9 Å². The minimum atomic E-state index is -0.282. The van der Waals surface area contributed by atoms with Crippen molar-refractivity contribution < 1.29 is 14.3 Å². The Bertz CT molecular complexity index is 616. The first-order valence-corrected chi connectivity index (χ1v) is 9.30. The Balaban J connectivity index is 1.42. The average molecular weight is 427 g/mol. The molecule has 4 nitrogen and oxygen atoms in total. The molecule has 0 aromatic heterocycles. The zero-order valence-corrected chi connectivity index (χ0v) is 15.5. The number of rotatable bonds is 5. The molecule has 0 heterocycles. The van der Waals surface area contributed by atoms with Crippen LogP contribution in [0.25, 0.3) is 0 Å². The molecular weight excluding hydrogens is 405 g/mol. The maximum Gasteiger partial charge on any atom is 0.306 e. The SMILES string of the molecule is Cc1cc(I)ccc1NC(=O)COC(=O)C[C@H]1C[C@@H]2CC[C@H]1C2. The fourth-order valence-electron chi connectivity index (χ4n) is 4.00. The molecule has 2 aliphatic carbocycles. The van der Waals surface area contributed by atoms with E-state index >= 15 is 0 Å². The van der Waals surface area contributed by atoms with E-state index in [1.807, 2.05) is 25.1 Å². The van der Waals surface area contributed by atoms with Crippen LogP contribution in [0.3, 0.4) is 0 Å². The number of nitrogens with one attached hydrogen (secondary N) is 1. The smallest absolute Gasteiger partial charge is 0.306 e. The van der Waals surface area contributed by atoms with Crippen molar-refractivity contribution in [1.29, 1.82) is 0 Å². The van der Waals surface area contributed by atoms with Crippen LogP contribution in [0.15, 0.2) is 18.2 Å². The molecule has 2 fully saturated rings. The Labute approximate surface area is 150 Å². The molecule has 2 saturated carbocycles. The third-order valence-electron chi connectivity index (χ3n) is 5.14. The summed E-state index contributed by atoms with van der Waals surface area (Å²) in [7, 11) is 0. The Morgan fingerprint density at radius 1 is 1.30 bits per heavy atom. The van der Waals surface area contributed by atoms with Crippen LogP contribution in [-0.2, 0) is 14.3 Å². The van der Waals surface area contributed by atoms with Crippen LogP contribution in [0, 0.1) is 28.2 Å². The summed E-state index contributed by atoms with van der Waals surface area (Å²) in [6.07, 6.45) is 5.50. The molecule has 23 heavy (non-hydrogen) atoms. The fraction of sp³-hybridized carbons (Fsp3) is 0.556. The van der Waals surface area contributed by atoms with Crippen LogP contribution in [0.1, 0.15) is 37.7 Å². The van der Waals surface area contributed by atoms with E-state index in [0.29, 0.717) is 18.3 Å². The van der Waals surface area contributed by atoms with E-state index in [4.69, 9.17) is 4.74 Å². The van der Waals surface area contributed by atoms with Crippen LogP contribution in [0.2, 0.25) is 0 Å². The molecule has 1 N–H and O–H groups in total. The number of benzene rings is 1. The van der Waals surface area contributed by atoms with Gasteiger partial charge in [0.1, 0.15) is 0 Å². The topological polar surface area (TPSA) is 55.4 Å². The number of carbonyl (C=O) groups excluding carboxylic acids is 2. The molecule has 3 atom stereocenters. The highest BCUT2D eigenvalue weighted by molar-refractivity contribution is 14.1. The van der Waals surface area contributed by atoms with E-state index in [9.17, 15) is 9.59 Å². The second-order valence-corrected chi connectivity index (χ2v) is 8.05. The van der Waals surface area contributed by atoms with Gasteiger partial charge in [-0.05, 0) is 90.3 Å². The van der Waals surface area contributed by atoms with Crippen molar-refractivity contribution in [3.63, 3.8) is 0 Å². The van der Waals surface area contributed by atoms with E-state index in [1.54, 1.807) is 0 Å². The molecule has 0 radical (unpaired) electrons. The Morgan fingerprint density at radius 2 is 2.13 bits per heavy atom. The van der Waals surface area contributed by atoms with Gasteiger partial charge in [-0.15, -0.1) is 0 Å². The first-order chi connectivity index (χ1) is 11.0. The van der Waals surface area contributed by atoms with Gasteiger partial charge in [0.2, 0.25) is 0 Å². The zero-order valence-electron chi connectivity index (χ0n) is 13.3. The lowest BCUT2D eigenvalue weighted by atomic mass is 9.86. The summed E-state index contributed by atoms with van der Waals surface area (Å²) in [5.41, 5.74) is 1.76. The normalized spacial score (nSPS) is 25.4. The number of amides is 1. The Kier molecular flexibility index (Phi) is 5.24. The van der Waals surface area contributed by atoms with E-state index in [2.05, 4.69) is 27.9 Å². The number of anilines is 1. The van der Waals surface area contributed by atoms with Gasteiger partial charge in [0.15, 0.2) is 6.61 Å². The molecule has 0 saturated heterocycles. The minimum Gasteiger partial charge on any atom is -0.456 e. The lowest BCUT2D eigenvalue weighted by molar-refractivity contribution is -0.148. The number of esters is 1. The summed E-state index contributed by atoms with van der Waals surface area (Å²) < 4.78 is 6.28. The summed E-state index contributed by atoms with van der Waals surface area (Å²) in [6, 6.07) is 5.80. The van der Waals surface area contributed by atoms with Gasteiger partial charge in [-0.25, -0.2) is 0 Å². The van der Waals surface area contributed by atoms with Gasteiger partial charge in [0.25, 0.3) is 5.91 Å². The predicted octanol–water partition coefficient (Wildman–Crippen LogP) is 3.91. The lowest BCUT2D eigenvalue weighted by Gasteiger charge is -2.20. The van der Waals surface area contributed by atoms with Crippen molar-refractivity contribution in [3.05, 3.63) is 27.3 Å². The monoisotopic (exact) mass is 427 g/mol. The number of aryl methyl sites for hydroxylation is 1. The molecule has 0 spiro atoms. The quantitative estimate of drug-likeness (QED) is 0.573. The largest absolute Gasteiger partial charge is 0.456 e. The van der Waals surface area contributed by atoms with Crippen molar-refractivity contribution >= 4 is 40.2 Å². The predicted molar refractivity (Wildman–Crippen MR) is 97.0 cm³/mol. The average Bonchev–Trinajstić information content (AvgIpc) is 3.11. The highest BCUT2D eigenvalue weighted by Crippen LogP contribution is 2.49.